The second-order valence-electron chi connectivity index (χ2n) is 5.67. The van der Waals surface area contributed by atoms with Gasteiger partial charge in [0.25, 0.3) is 10.2 Å². The summed E-state index contributed by atoms with van der Waals surface area (Å²) < 4.78 is 37.1. The van der Waals surface area contributed by atoms with Gasteiger partial charge in [-0.25, -0.2) is 4.79 Å². The first-order chi connectivity index (χ1) is 11.8. The Bertz CT molecular complexity index is 715. The third-order valence-corrected chi connectivity index (χ3v) is 5.90. The topological polar surface area (TPSA) is 91.4 Å². The smallest absolute Gasteiger partial charge is 0.322 e. The fourth-order valence-corrected chi connectivity index (χ4v) is 3.55. The molecule has 1 fully saturated rings. The Balaban J connectivity index is 2.02. The van der Waals surface area contributed by atoms with Gasteiger partial charge in [-0.3, -0.25) is 0 Å². The van der Waals surface area contributed by atoms with E-state index in [-0.39, 0.29) is 19.1 Å². The molecule has 1 aromatic rings. The van der Waals surface area contributed by atoms with Gasteiger partial charge in [0.05, 0.1) is 19.9 Å². The van der Waals surface area contributed by atoms with Crippen LogP contribution in [0.15, 0.2) is 18.2 Å². The molecular weight excluding hydrogens is 348 g/mol. The highest BCUT2D eigenvalue weighted by Gasteiger charge is 2.30. The summed E-state index contributed by atoms with van der Waals surface area (Å²) in [5, 5.41) is 2.79. The maximum Gasteiger partial charge on any atom is 0.322 e. The molecule has 1 aliphatic rings. The SMILES string of the molecule is COc1ccc(OC)c(NC(=O)N2CCN(S(=O)(=O)N(C)C)CC2)c1. The summed E-state index contributed by atoms with van der Waals surface area (Å²) >= 11 is 0. The summed E-state index contributed by atoms with van der Waals surface area (Å²) in [5.41, 5.74) is 0.496. The summed E-state index contributed by atoms with van der Waals surface area (Å²) in [7, 11) is 2.58. The zero-order valence-corrected chi connectivity index (χ0v) is 15.7. The Morgan fingerprint density at radius 3 is 2.28 bits per heavy atom. The van der Waals surface area contributed by atoms with E-state index in [2.05, 4.69) is 5.32 Å². The van der Waals surface area contributed by atoms with Crippen LogP contribution in [0.4, 0.5) is 10.5 Å². The summed E-state index contributed by atoms with van der Waals surface area (Å²) in [4.78, 5) is 14.0. The third kappa shape index (κ3) is 4.33. The molecule has 0 saturated carbocycles. The van der Waals surface area contributed by atoms with E-state index in [4.69, 9.17) is 9.47 Å². The van der Waals surface area contributed by atoms with Crippen molar-refractivity contribution in [2.75, 3.05) is 59.8 Å². The maximum absolute atomic E-state index is 12.5. The Hall–Kier alpha value is -2.04. The number of amides is 2. The average Bonchev–Trinajstić information content (AvgIpc) is 2.61. The van der Waals surface area contributed by atoms with E-state index in [1.54, 1.807) is 23.1 Å². The number of rotatable bonds is 5. The third-order valence-electron chi connectivity index (χ3n) is 3.96. The number of hydrogen-bond acceptors (Lipinski definition) is 5. The molecule has 0 aromatic heterocycles. The van der Waals surface area contributed by atoms with Crippen molar-refractivity contribution < 1.29 is 22.7 Å². The van der Waals surface area contributed by atoms with E-state index in [1.165, 1.54) is 36.9 Å². The Kier molecular flexibility index (Phi) is 6.09. The minimum atomic E-state index is -3.46. The number of methoxy groups -OCH3 is 2. The van der Waals surface area contributed by atoms with Crippen molar-refractivity contribution in [3.05, 3.63) is 18.2 Å². The fraction of sp³-hybridized carbons (Fsp3) is 0.533. The number of piperazine rings is 1. The van der Waals surface area contributed by atoms with Gasteiger partial charge in [-0.1, -0.05) is 0 Å². The van der Waals surface area contributed by atoms with Crippen LogP contribution in [0, 0.1) is 0 Å². The molecule has 140 valence electrons. The summed E-state index contributed by atoms with van der Waals surface area (Å²) in [6, 6.07) is 4.80. The van der Waals surface area contributed by atoms with Crippen molar-refractivity contribution in [3.8, 4) is 11.5 Å². The Morgan fingerprint density at radius 2 is 1.76 bits per heavy atom. The average molecular weight is 372 g/mol. The van der Waals surface area contributed by atoms with E-state index in [0.29, 0.717) is 30.3 Å². The van der Waals surface area contributed by atoms with Gasteiger partial charge in [-0.05, 0) is 12.1 Å². The molecule has 1 saturated heterocycles. The highest BCUT2D eigenvalue weighted by atomic mass is 32.2. The number of hydrogen-bond donors (Lipinski definition) is 1. The predicted octanol–water partition coefficient (Wildman–Crippen LogP) is 0.660. The van der Waals surface area contributed by atoms with Crippen LogP contribution >= 0.6 is 0 Å². The second-order valence-corrected chi connectivity index (χ2v) is 7.81. The van der Waals surface area contributed by atoms with E-state index in [0.717, 1.165) is 0 Å². The van der Waals surface area contributed by atoms with Gasteiger partial charge in [-0.2, -0.15) is 17.0 Å². The lowest BCUT2D eigenvalue weighted by Gasteiger charge is -2.35. The minimum absolute atomic E-state index is 0.253. The molecule has 1 aromatic carbocycles. The van der Waals surface area contributed by atoms with Crippen molar-refractivity contribution in [1.29, 1.82) is 0 Å². The van der Waals surface area contributed by atoms with Crippen molar-refractivity contribution >= 4 is 21.9 Å². The lowest BCUT2D eigenvalue weighted by Crippen LogP contribution is -2.53. The Labute approximate surface area is 148 Å². The molecular formula is C15H24N4O5S. The molecule has 1 aliphatic heterocycles. The van der Waals surface area contributed by atoms with Crippen LogP contribution in [0.3, 0.4) is 0 Å². The van der Waals surface area contributed by atoms with Crippen molar-refractivity contribution in [3.63, 3.8) is 0 Å². The molecule has 2 rings (SSSR count). The van der Waals surface area contributed by atoms with Gasteiger partial charge in [0.1, 0.15) is 11.5 Å². The molecule has 1 heterocycles. The van der Waals surface area contributed by atoms with Crippen LogP contribution in [-0.4, -0.2) is 82.5 Å². The molecule has 0 unspecified atom stereocenters. The molecule has 0 spiro atoms. The number of nitrogens with one attached hydrogen (secondary N) is 1. The standard InChI is InChI=1S/C15H24N4O5S/c1-17(2)25(21,22)19-9-7-18(8-10-19)15(20)16-13-11-12(23-3)5-6-14(13)24-4/h5-6,11H,7-10H2,1-4H3,(H,16,20). The minimum Gasteiger partial charge on any atom is -0.497 e. The van der Waals surface area contributed by atoms with Crippen LogP contribution in [0.25, 0.3) is 0 Å². The van der Waals surface area contributed by atoms with E-state index >= 15 is 0 Å². The molecule has 1 N–H and O–H groups in total. The first-order valence-corrected chi connectivity index (χ1v) is 9.15. The van der Waals surface area contributed by atoms with Crippen LogP contribution in [0.1, 0.15) is 0 Å². The number of urea groups is 1. The van der Waals surface area contributed by atoms with Crippen LogP contribution in [0.5, 0.6) is 11.5 Å². The summed E-state index contributed by atoms with van der Waals surface area (Å²) in [5.74, 6) is 1.11. The van der Waals surface area contributed by atoms with E-state index < -0.39 is 10.2 Å². The lowest BCUT2D eigenvalue weighted by molar-refractivity contribution is 0.182. The molecule has 25 heavy (non-hydrogen) atoms. The molecule has 0 bridgehead atoms. The fourth-order valence-electron chi connectivity index (χ4n) is 2.46. The van der Waals surface area contributed by atoms with Crippen molar-refractivity contribution in [2.45, 2.75) is 0 Å². The predicted molar refractivity (Wildman–Crippen MR) is 94.3 cm³/mol. The van der Waals surface area contributed by atoms with Crippen molar-refractivity contribution in [1.82, 2.24) is 13.5 Å². The number of carbonyl (C=O) groups excluding carboxylic acids is 1. The molecule has 2 amide bonds. The maximum atomic E-state index is 12.5. The summed E-state index contributed by atoms with van der Waals surface area (Å²) in [6.45, 7) is 1.13. The zero-order chi connectivity index (χ0) is 18.6. The van der Waals surface area contributed by atoms with Gasteiger partial charge in [0.15, 0.2) is 0 Å². The largest absolute Gasteiger partial charge is 0.497 e. The number of nitrogens with zero attached hydrogens (tertiary/aromatic N) is 3. The quantitative estimate of drug-likeness (QED) is 0.820. The number of carbonyl (C=O) groups is 1. The van der Waals surface area contributed by atoms with Crippen LogP contribution < -0.4 is 14.8 Å². The first-order valence-electron chi connectivity index (χ1n) is 7.75. The van der Waals surface area contributed by atoms with E-state index in [1.807, 2.05) is 0 Å². The first kappa shape index (κ1) is 19.3. The second kappa shape index (κ2) is 7.89. The monoisotopic (exact) mass is 372 g/mol. The normalized spacial score (nSPS) is 16.0. The van der Waals surface area contributed by atoms with Gasteiger partial charge >= 0.3 is 6.03 Å². The lowest BCUT2D eigenvalue weighted by atomic mass is 10.2. The number of ether oxygens (including phenoxy) is 2. The highest BCUT2D eigenvalue weighted by Crippen LogP contribution is 2.29. The van der Waals surface area contributed by atoms with Gasteiger partial charge in [-0.15, -0.1) is 0 Å². The van der Waals surface area contributed by atoms with Crippen LogP contribution in [0.2, 0.25) is 0 Å². The van der Waals surface area contributed by atoms with Gasteiger partial charge < -0.3 is 19.7 Å². The number of benzene rings is 1. The van der Waals surface area contributed by atoms with Gasteiger partial charge in [0, 0.05) is 46.3 Å². The molecule has 0 aliphatic carbocycles. The molecule has 0 radical (unpaired) electrons. The van der Waals surface area contributed by atoms with Crippen molar-refractivity contribution in [2.24, 2.45) is 0 Å². The molecule has 9 nitrogen and oxygen atoms in total. The van der Waals surface area contributed by atoms with E-state index in [9.17, 15) is 13.2 Å². The molecule has 10 heteroatoms. The molecule has 0 atom stereocenters. The van der Waals surface area contributed by atoms with Crippen LogP contribution in [-0.2, 0) is 10.2 Å². The number of anilines is 1. The summed E-state index contributed by atoms with van der Waals surface area (Å²) in [6.07, 6.45) is 0. The Morgan fingerprint density at radius 1 is 1.12 bits per heavy atom. The zero-order valence-electron chi connectivity index (χ0n) is 14.9. The van der Waals surface area contributed by atoms with Gasteiger partial charge in [0.2, 0.25) is 0 Å². The highest BCUT2D eigenvalue weighted by molar-refractivity contribution is 7.86.